The summed E-state index contributed by atoms with van der Waals surface area (Å²) in [7, 11) is 2.01. The second-order valence-electron chi connectivity index (χ2n) is 4.92. The molecule has 1 aromatic rings. The van der Waals surface area contributed by atoms with Gasteiger partial charge in [-0.2, -0.15) is 0 Å². The van der Waals surface area contributed by atoms with E-state index in [1.165, 1.54) is 6.07 Å². The van der Waals surface area contributed by atoms with E-state index in [0.29, 0.717) is 6.54 Å². The fourth-order valence-electron chi connectivity index (χ4n) is 2.14. The zero-order valence-electron chi connectivity index (χ0n) is 13.6. The van der Waals surface area contributed by atoms with Gasteiger partial charge in [0.25, 0.3) is 5.69 Å². The molecule has 0 amide bonds. The van der Waals surface area contributed by atoms with Gasteiger partial charge in [-0.15, -0.1) is 0 Å². The van der Waals surface area contributed by atoms with Crippen LogP contribution in [0.5, 0.6) is 0 Å². The maximum absolute atomic E-state index is 10.9. The van der Waals surface area contributed by atoms with Crippen molar-refractivity contribution in [3.63, 3.8) is 0 Å². The van der Waals surface area contributed by atoms with Crippen LogP contribution in [0.2, 0.25) is 0 Å². The van der Waals surface area contributed by atoms with Crippen LogP contribution in [0.25, 0.3) is 0 Å². The van der Waals surface area contributed by atoms with E-state index in [9.17, 15) is 10.1 Å². The average molecular weight is 865 g/mol. The summed E-state index contributed by atoms with van der Waals surface area (Å²) < 4.78 is 0. The predicted octanol–water partition coefficient (Wildman–Crippen LogP) is 2.12. The molecule has 144 valence electrons. The van der Waals surface area contributed by atoms with Gasteiger partial charge in [0.05, 0.1) is 11.6 Å². The van der Waals surface area contributed by atoms with Gasteiger partial charge in [0.15, 0.2) is 0 Å². The molecule has 1 heterocycles. The Labute approximate surface area is 205 Å². The van der Waals surface area contributed by atoms with Crippen molar-refractivity contribution in [2.75, 3.05) is 37.9 Å². The normalized spacial score (nSPS) is 11.6. The molecule has 1 aliphatic rings. The van der Waals surface area contributed by atoms with Crippen molar-refractivity contribution in [1.82, 2.24) is 9.80 Å². The lowest BCUT2D eigenvalue weighted by Crippen LogP contribution is -3.00. The summed E-state index contributed by atoms with van der Waals surface area (Å²) in [4.78, 5) is 14.7. The van der Waals surface area contributed by atoms with Crippen molar-refractivity contribution in [2.24, 2.45) is 0 Å². The van der Waals surface area contributed by atoms with Crippen LogP contribution >= 0.6 is 74.5 Å². The smallest absolute Gasteiger partial charge is 0.294 e. The molecular formula is C13H19BrI4N5O2-. The molecule has 0 atom stereocenters. The molecule has 0 spiro atoms. The number of nitrogen functional groups attached to an aromatic ring is 1. The molecule has 0 bridgehead atoms. The molecule has 0 fully saturated rings. The van der Waals surface area contributed by atoms with Gasteiger partial charge in [0, 0.05) is 119 Å². The number of benzene rings is 1. The molecule has 0 saturated carbocycles. The van der Waals surface area contributed by atoms with Crippen molar-refractivity contribution in [1.29, 1.82) is 0 Å². The van der Waals surface area contributed by atoms with Crippen LogP contribution in [0.3, 0.4) is 0 Å². The van der Waals surface area contributed by atoms with Crippen molar-refractivity contribution >= 4 is 91.5 Å². The first-order valence-electron chi connectivity index (χ1n) is 6.67. The largest absolute Gasteiger partial charge is 1.00 e. The zero-order chi connectivity index (χ0) is 18.7. The minimum Gasteiger partial charge on any atom is -1.00 e. The summed E-state index contributed by atoms with van der Waals surface area (Å²) in [6.45, 7) is 4.28. The van der Waals surface area contributed by atoms with E-state index in [-0.39, 0.29) is 28.4 Å². The summed E-state index contributed by atoms with van der Waals surface area (Å²) in [5, 5.41) is 14.1. The number of nitrogens with zero attached hydrogens (tertiary/aromatic N) is 3. The Hall–Kier alpha value is 0.960. The quantitative estimate of drug-likeness (QED) is 0.205. The van der Waals surface area contributed by atoms with Crippen molar-refractivity contribution < 1.29 is 21.9 Å². The van der Waals surface area contributed by atoms with Gasteiger partial charge in [-0.25, -0.2) is 0 Å². The Morgan fingerprint density at radius 1 is 1.28 bits per heavy atom. The number of nitrogens with two attached hydrogens (primary N) is 1. The number of hydrogen-bond donors (Lipinski definition) is 2. The maximum atomic E-state index is 10.9. The molecule has 0 unspecified atom stereocenters. The van der Waals surface area contributed by atoms with E-state index in [1.807, 2.05) is 26.4 Å². The highest BCUT2D eigenvalue weighted by atomic mass is 128. The van der Waals surface area contributed by atoms with Gasteiger partial charge < -0.3 is 37.8 Å². The number of nitrogens with one attached hydrogen (secondary N) is 1. The molecule has 0 aromatic heterocycles. The van der Waals surface area contributed by atoms with Gasteiger partial charge in [-0.05, 0) is 18.6 Å². The van der Waals surface area contributed by atoms with Crippen LogP contribution in [-0.4, -0.2) is 41.5 Å². The molecule has 1 aromatic carbocycles. The Bertz CT molecular complexity index is 565. The number of aryl methyl sites for hydroxylation is 1. The Morgan fingerprint density at radius 3 is 2.36 bits per heavy atom. The molecule has 1 aliphatic heterocycles. The standard InChI is InChI=1S/C13H19N5O2.BrH.2I2/c1-10-7-11(14)13(18(19)20)8-12(10)15-3-4-17-6-5-16(2)9-17;;2*1-2/h5-8,15H,3-4,9,14H2,1-2H3;1H;;/p-1. The van der Waals surface area contributed by atoms with Crippen molar-refractivity contribution in [3.05, 3.63) is 40.2 Å². The maximum Gasteiger partial charge on any atom is 0.294 e. The molecule has 0 saturated heterocycles. The summed E-state index contributed by atoms with van der Waals surface area (Å²) in [6, 6.07) is 3.13. The third-order valence-electron chi connectivity index (χ3n) is 3.22. The van der Waals surface area contributed by atoms with Crippen LogP contribution in [0.4, 0.5) is 17.1 Å². The first-order valence-corrected chi connectivity index (χ1v) is 19.2. The Kier molecular flexibility index (Phi) is 18.0. The molecule has 12 heteroatoms. The van der Waals surface area contributed by atoms with Crippen molar-refractivity contribution in [3.8, 4) is 0 Å². The third-order valence-corrected chi connectivity index (χ3v) is 3.22. The van der Waals surface area contributed by atoms with E-state index in [4.69, 9.17) is 5.73 Å². The number of rotatable bonds is 5. The number of hydrogen-bond acceptors (Lipinski definition) is 6. The number of halogens is 5. The number of nitro groups is 1. The zero-order valence-corrected chi connectivity index (χ0v) is 23.8. The molecule has 0 radical (unpaired) electrons. The number of nitro benzene ring substituents is 1. The van der Waals surface area contributed by atoms with Crippen LogP contribution < -0.4 is 28.0 Å². The average Bonchev–Trinajstić information content (AvgIpc) is 2.98. The molecule has 3 N–H and O–H groups in total. The molecule has 2 rings (SSSR count). The van der Waals surface area contributed by atoms with E-state index >= 15 is 0 Å². The van der Waals surface area contributed by atoms with Crippen LogP contribution in [0, 0.1) is 17.0 Å². The lowest BCUT2D eigenvalue weighted by molar-refractivity contribution is -0.383. The van der Waals surface area contributed by atoms with E-state index in [2.05, 4.69) is 89.6 Å². The minimum absolute atomic E-state index is 0. The third kappa shape index (κ3) is 10.2. The van der Waals surface area contributed by atoms with E-state index < -0.39 is 4.92 Å². The van der Waals surface area contributed by atoms with Gasteiger partial charge in [-0.1, -0.05) is 0 Å². The summed E-state index contributed by atoms with van der Waals surface area (Å²) in [6.07, 6.45) is 4.04. The topological polar surface area (TPSA) is 87.7 Å². The lowest BCUT2D eigenvalue weighted by atomic mass is 10.1. The lowest BCUT2D eigenvalue weighted by Gasteiger charge is -2.19. The SMILES string of the molecule is Cc1cc(N)c([N+](=O)[O-])cc1NCCN1C=CN(C)C1.II.II.[Br-]. The van der Waals surface area contributed by atoms with Gasteiger partial charge in [-0.3, -0.25) is 10.1 Å². The van der Waals surface area contributed by atoms with Gasteiger partial charge in [0.2, 0.25) is 0 Å². The fourth-order valence-corrected chi connectivity index (χ4v) is 2.14. The molecule has 25 heavy (non-hydrogen) atoms. The predicted molar refractivity (Wildman–Crippen MR) is 135 cm³/mol. The van der Waals surface area contributed by atoms with Crippen LogP contribution in [-0.2, 0) is 0 Å². The van der Waals surface area contributed by atoms with E-state index in [0.717, 1.165) is 24.5 Å². The summed E-state index contributed by atoms with van der Waals surface area (Å²) >= 11 is 8.48. The number of anilines is 2. The van der Waals surface area contributed by atoms with E-state index in [1.54, 1.807) is 6.07 Å². The molecular weight excluding hydrogens is 846 g/mol. The first kappa shape index (κ1) is 28.2. The summed E-state index contributed by atoms with van der Waals surface area (Å²) in [5.74, 6) is 0. The fraction of sp³-hybridized carbons (Fsp3) is 0.385. The second kappa shape index (κ2) is 16.0. The molecule has 7 nitrogen and oxygen atoms in total. The van der Waals surface area contributed by atoms with Crippen LogP contribution in [0.1, 0.15) is 5.56 Å². The summed E-state index contributed by atoms with van der Waals surface area (Å²) in [5.41, 5.74) is 7.44. The highest BCUT2D eigenvalue weighted by Crippen LogP contribution is 2.28. The Morgan fingerprint density at radius 2 is 1.88 bits per heavy atom. The highest BCUT2D eigenvalue weighted by Gasteiger charge is 2.14. The van der Waals surface area contributed by atoms with Crippen LogP contribution in [0.15, 0.2) is 24.5 Å². The minimum atomic E-state index is -0.460. The second-order valence-corrected chi connectivity index (χ2v) is 4.92. The Balaban J connectivity index is 0. The van der Waals surface area contributed by atoms with Gasteiger partial charge in [0.1, 0.15) is 5.69 Å². The van der Waals surface area contributed by atoms with Gasteiger partial charge >= 0.3 is 0 Å². The van der Waals surface area contributed by atoms with Crippen molar-refractivity contribution in [2.45, 2.75) is 6.92 Å². The highest BCUT2D eigenvalue weighted by molar-refractivity contribution is 15.0. The first-order chi connectivity index (χ1) is 11.5. The monoisotopic (exact) mass is 864 g/mol. The molecule has 0 aliphatic carbocycles.